The second-order valence-corrected chi connectivity index (χ2v) is 6.40. The lowest BCUT2D eigenvalue weighted by atomic mass is 10.0. The van der Waals surface area contributed by atoms with Gasteiger partial charge in [-0.15, -0.1) is 0 Å². The van der Waals surface area contributed by atoms with Gasteiger partial charge < -0.3 is 9.84 Å². The molecule has 0 aliphatic heterocycles. The van der Waals surface area contributed by atoms with Crippen molar-refractivity contribution in [3.63, 3.8) is 0 Å². The third-order valence-electron chi connectivity index (χ3n) is 4.18. The summed E-state index contributed by atoms with van der Waals surface area (Å²) < 4.78 is 7.40. The Morgan fingerprint density at radius 3 is 2.40 bits per heavy atom. The highest BCUT2D eigenvalue weighted by Crippen LogP contribution is 2.26. The van der Waals surface area contributed by atoms with E-state index in [-0.39, 0.29) is 0 Å². The summed E-state index contributed by atoms with van der Waals surface area (Å²) in [7, 11) is 1.80. The van der Waals surface area contributed by atoms with Crippen LogP contribution in [0.15, 0.2) is 54.6 Å². The molecule has 2 aromatic carbocycles. The molecule has 0 saturated heterocycles. The van der Waals surface area contributed by atoms with Crippen LogP contribution in [0.25, 0.3) is 0 Å². The zero-order chi connectivity index (χ0) is 17.8. The molecule has 1 atom stereocenters. The van der Waals surface area contributed by atoms with Crippen molar-refractivity contribution < 1.29 is 9.84 Å². The summed E-state index contributed by atoms with van der Waals surface area (Å²) in [5.41, 5.74) is 3.66. The van der Waals surface area contributed by atoms with Crippen LogP contribution in [-0.4, -0.2) is 14.9 Å². The number of rotatable bonds is 6. The summed E-state index contributed by atoms with van der Waals surface area (Å²) >= 11 is 6.24. The van der Waals surface area contributed by atoms with Crippen molar-refractivity contribution in [3.05, 3.63) is 82.1 Å². The van der Waals surface area contributed by atoms with Crippen molar-refractivity contribution in [2.45, 2.75) is 26.1 Å². The van der Waals surface area contributed by atoms with Gasteiger partial charge in [0.1, 0.15) is 17.5 Å². The normalized spacial score (nSPS) is 12.2. The molecular formula is C20H21ClN2O2. The van der Waals surface area contributed by atoms with E-state index in [1.165, 1.54) is 0 Å². The summed E-state index contributed by atoms with van der Waals surface area (Å²) in [5, 5.41) is 15.3. The molecule has 0 aliphatic rings. The van der Waals surface area contributed by atoms with E-state index >= 15 is 0 Å². The molecule has 0 aliphatic carbocycles. The van der Waals surface area contributed by atoms with Crippen LogP contribution in [0, 0.1) is 6.92 Å². The fourth-order valence-corrected chi connectivity index (χ4v) is 3.00. The summed E-state index contributed by atoms with van der Waals surface area (Å²) in [5.74, 6) is 0.774. The molecule has 1 aromatic heterocycles. The predicted octanol–water partition coefficient (Wildman–Crippen LogP) is 4.24. The number of aliphatic hydroxyl groups is 1. The first-order valence-electron chi connectivity index (χ1n) is 8.17. The zero-order valence-corrected chi connectivity index (χ0v) is 15.1. The van der Waals surface area contributed by atoms with Crippen molar-refractivity contribution in [1.29, 1.82) is 0 Å². The number of ether oxygens (including phenoxy) is 1. The number of aliphatic hydroxyl groups excluding tert-OH is 1. The van der Waals surface area contributed by atoms with Gasteiger partial charge in [0, 0.05) is 19.0 Å². The van der Waals surface area contributed by atoms with Gasteiger partial charge in [0.15, 0.2) is 0 Å². The minimum Gasteiger partial charge on any atom is -0.489 e. The van der Waals surface area contributed by atoms with Crippen LogP contribution in [0.3, 0.4) is 0 Å². The van der Waals surface area contributed by atoms with Gasteiger partial charge in [-0.05, 0) is 30.2 Å². The SMILES string of the molecule is Cc1nn(C)c(Cl)c1CC(O)c1ccc(OCc2ccccc2)cc1. The van der Waals surface area contributed by atoms with E-state index in [1.807, 2.05) is 61.5 Å². The second-order valence-electron chi connectivity index (χ2n) is 6.04. The van der Waals surface area contributed by atoms with Gasteiger partial charge in [-0.2, -0.15) is 5.10 Å². The number of hydrogen-bond donors (Lipinski definition) is 1. The molecule has 4 nitrogen and oxygen atoms in total. The lowest BCUT2D eigenvalue weighted by Gasteiger charge is -2.12. The Hall–Kier alpha value is -2.30. The van der Waals surface area contributed by atoms with Crippen LogP contribution in [0.5, 0.6) is 5.75 Å². The van der Waals surface area contributed by atoms with E-state index in [4.69, 9.17) is 16.3 Å². The molecule has 0 spiro atoms. The zero-order valence-electron chi connectivity index (χ0n) is 14.3. The highest BCUT2D eigenvalue weighted by Gasteiger charge is 2.16. The maximum Gasteiger partial charge on any atom is 0.130 e. The molecular weight excluding hydrogens is 336 g/mol. The average molecular weight is 357 g/mol. The Morgan fingerprint density at radius 2 is 1.80 bits per heavy atom. The summed E-state index contributed by atoms with van der Waals surface area (Å²) in [6.45, 7) is 2.42. The van der Waals surface area contributed by atoms with E-state index in [2.05, 4.69) is 5.10 Å². The first kappa shape index (κ1) is 17.5. The Kier molecular flexibility index (Phi) is 5.41. The highest BCUT2D eigenvalue weighted by molar-refractivity contribution is 6.30. The minimum absolute atomic E-state index is 0.433. The molecule has 5 heteroatoms. The number of halogens is 1. The molecule has 1 heterocycles. The van der Waals surface area contributed by atoms with Gasteiger partial charge in [0.05, 0.1) is 11.8 Å². The Morgan fingerprint density at radius 1 is 1.12 bits per heavy atom. The molecule has 0 fully saturated rings. The van der Waals surface area contributed by atoms with Crippen LogP contribution in [0.2, 0.25) is 5.15 Å². The molecule has 1 N–H and O–H groups in total. The van der Waals surface area contributed by atoms with Crippen LogP contribution in [0.1, 0.15) is 28.5 Å². The van der Waals surface area contributed by atoms with Gasteiger partial charge in [-0.3, -0.25) is 4.68 Å². The van der Waals surface area contributed by atoms with E-state index in [0.29, 0.717) is 18.2 Å². The lowest BCUT2D eigenvalue weighted by molar-refractivity contribution is 0.178. The van der Waals surface area contributed by atoms with Crippen LogP contribution in [-0.2, 0) is 20.1 Å². The van der Waals surface area contributed by atoms with Crippen molar-refractivity contribution in [1.82, 2.24) is 9.78 Å². The topological polar surface area (TPSA) is 47.3 Å². The van der Waals surface area contributed by atoms with Crippen molar-refractivity contribution in [3.8, 4) is 5.75 Å². The number of aromatic nitrogens is 2. The van der Waals surface area contributed by atoms with E-state index in [1.54, 1.807) is 11.7 Å². The molecule has 25 heavy (non-hydrogen) atoms. The van der Waals surface area contributed by atoms with Gasteiger partial charge >= 0.3 is 0 Å². The number of hydrogen-bond acceptors (Lipinski definition) is 3. The largest absolute Gasteiger partial charge is 0.489 e. The smallest absolute Gasteiger partial charge is 0.130 e. The van der Waals surface area contributed by atoms with Crippen molar-refractivity contribution in [2.24, 2.45) is 7.05 Å². The maximum absolute atomic E-state index is 10.5. The fourth-order valence-electron chi connectivity index (χ4n) is 2.74. The first-order valence-corrected chi connectivity index (χ1v) is 8.55. The lowest BCUT2D eigenvalue weighted by Crippen LogP contribution is -2.03. The Bertz CT molecular complexity index is 829. The Labute approximate surface area is 152 Å². The third kappa shape index (κ3) is 4.21. The van der Waals surface area contributed by atoms with E-state index in [9.17, 15) is 5.11 Å². The highest BCUT2D eigenvalue weighted by atomic mass is 35.5. The minimum atomic E-state index is -0.636. The summed E-state index contributed by atoms with van der Waals surface area (Å²) in [4.78, 5) is 0. The van der Waals surface area contributed by atoms with E-state index in [0.717, 1.165) is 28.1 Å². The molecule has 1 unspecified atom stereocenters. The summed E-state index contributed by atoms with van der Waals surface area (Å²) in [6.07, 6.45) is -0.202. The van der Waals surface area contributed by atoms with E-state index < -0.39 is 6.10 Å². The van der Waals surface area contributed by atoms with Crippen LogP contribution in [0.4, 0.5) is 0 Å². The second kappa shape index (κ2) is 7.72. The third-order valence-corrected chi connectivity index (χ3v) is 4.65. The van der Waals surface area contributed by atoms with Gasteiger partial charge in [-0.25, -0.2) is 0 Å². The predicted molar refractivity (Wildman–Crippen MR) is 98.8 cm³/mol. The van der Waals surface area contributed by atoms with Crippen LogP contribution < -0.4 is 4.74 Å². The molecule has 0 amide bonds. The molecule has 130 valence electrons. The molecule has 0 saturated carbocycles. The fraction of sp³-hybridized carbons (Fsp3) is 0.250. The first-order chi connectivity index (χ1) is 12.0. The van der Waals surface area contributed by atoms with Crippen molar-refractivity contribution in [2.75, 3.05) is 0 Å². The number of nitrogens with zero attached hydrogens (tertiary/aromatic N) is 2. The molecule has 3 rings (SSSR count). The van der Waals surface area contributed by atoms with Gasteiger partial charge in [-0.1, -0.05) is 54.1 Å². The summed E-state index contributed by atoms with van der Waals surface area (Å²) in [6, 6.07) is 17.5. The molecule has 0 radical (unpaired) electrons. The molecule has 0 bridgehead atoms. The number of aryl methyl sites for hydroxylation is 2. The van der Waals surface area contributed by atoms with Crippen LogP contribution >= 0.6 is 11.6 Å². The van der Waals surface area contributed by atoms with Gasteiger partial charge in [0.25, 0.3) is 0 Å². The molecule has 3 aromatic rings. The average Bonchev–Trinajstić information content (AvgIpc) is 2.87. The van der Waals surface area contributed by atoms with Gasteiger partial charge in [0.2, 0.25) is 0 Å². The van der Waals surface area contributed by atoms with Crippen molar-refractivity contribution >= 4 is 11.6 Å². The quantitative estimate of drug-likeness (QED) is 0.718. The number of benzene rings is 2. The monoisotopic (exact) mass is 356 g/mol. The standard InChI is InChI=1S/C20H21ClN2O2/c1-14-18(20(21)23(2)22-14)12-19(24)16-8-10-17(11-9-16)25-13-15-6-4-3-5-7-15/h3-11,19,24H,12-13H2,1-2H3. The Balaban J connectivity index is 1.63. The maximum atomic E-state index is 10.5.